The number of alkyl halides is 1. The Morgan fingerprint density at radius 1 is 1.02 bits per heavy atom. The fraction of sp³-hybridized carbons (Fsp3) is 0.226. The van der Waals surface area contributed by atoms with Gasteiger partial charge in [0.1, 0.15) is 24.0 Å². The van der Waals surface area contributed by atoms with E-state index in [2.05, 4.69) is 20.1 Å². The summed E-state index contributed by atoms with van der Waals surface area (Å²) in [6, 6.07) is 16.2. The van der Waals surface area contributed by atoms with Gasteiger partial charge in [-0.05, 0) is 60.2 Å². The number of carbonyl (C=O) groups is 2. The summed E-state index contributed by atoms with van der Waals surface area (Å²) in [6.07, 6.45) is 2.07. The van der Waals surface area contributed by atoms with E-state index in [-0.39, 0.29) is 41.1 Å². The van der Waals surface area contributed by atoms with E-state index >= 15 is 8.78 Å². The molecular formula is C31H24F2N6O3. The van der Waals surface area contributed by atoms with Crippen molar-refractivity contribution in [3.05, 3.63) is 101 Å². The molecule has 0 saturated heterocycles. The number of hydrogen-bond acceptors (Lipinski definition) is 6. The Kier molecular flexibility index (Phi) is 6.03. The monoisotopic (exact) mass is 566 g/mol. The molecule has 1 aliphatic carbocycles. The Bertz CT molecular complexity index is 1880. The molecular weight excluding hydrogens is 542 g/mol. The molecule has 0 radical (unpaired) electrons. The lowest BCUT2D eigenvalue weighted by Crippen LogP contribution is -2.40. The molecule has 2 aromatic carbocycles. The lowest BCUT2D eigenvalue weighted by Gasteiger charge is -2.36. The van der Waals surface area contributed by atoms with E-state index in [1.54, 1.807) is 48.7 Å². The maximum atomic E-state index is 15.3. The molecule has 1 N–H and O–H groups in total. The maximum absolute atomic E-state index is 15.3. The summed E-state index contributed by atoms with van der Waals surface area (Å²) in [5.41, 5.74) is 3.68. The molecule has 4 heterocycles. The number of carbonyl (C=O) groups excluding carboxylic acids is 1. The summed E-state index contributed by atoms with van der Waals surface area (Å²) < 4.78 is 31.9. The van der Waals surface area contributed by atoms with Crippen LogP contribution < -0.4 is 0 Å². The van der Waals surface area contributed by atoms with E-state index in [9.17, 15) is 14.7 Å². The van der Waals surface area contributed by atoms with Crippen LogP contribution in [-0.2, 0) is 4.79 Å². The van der Waals surface area contributed by atoms with Gasteiger partial charge in [0.2, 0.25) is 0 Å². The lowest BCUT2D eigenvalue weighted by molar-refractivity contribution is -0.138. The SMILES string of the molecule is C[C@@H]1c2ccccc2C(F)CN1C(=O)c1cc(-c2ccncn2)n2nc(-c3ccc([C@H]4C[C@@H]4C(=O)O)cc3F)cc2n1. The minimum absolute atomic E-state index is 0.0743. The number of rotatable bonds is 5. The number of amides is 1. The highest BCUT2D eigenvalue weighted by atomic mass is 19.1. The van der Waals surface area contributed by atoms with Gasteiger partial charge in [-0.15, -0.1) is 0 Å². The molecule has 9 nitrogen and oxygen atoms in total. The van der Waals surface area contributed by atoms with Crippen LogP contribution in [0.15, 0.2) is 73.2 Å². The number of carboxylic acid groups (broad SMARTS) is 1. The summed E-state index contributed by atoms with van der Waals surface area (Å²) in [6.45, 7) is 1.74. The zero-order valence-electron chi connectivity index (χ0n) is 22.4. The molecule has 0 spiro atoms. The van der Waals surface area contributed by atoms with Gasteiger partial charge in [0.15, 0.2) is 5.65 Å². The first-order chi connectivity index (χ1) is 20.3. The van der Waals surface area contributed by atoms with Gasteiger partial charge in [0, 0.05) is 17.8 Å². The number of fused-ring (bicyclic) bond motifs is 2. The van der Waals surface area contributed by atoms with Crippen LogP contribution >= 0.6 is 0 Å². The number of aromatic nitrogens is 5. The molecule has 1 amide bonds. The summed E-state index contributed by atoms with van der Waals surface area (Å²) in [4.78, 5) is 39.4. The van der Waals surface area contributed by atoms with Crippen LogP contribution in [0.25, 0.3) is 28.3 Å². The van der Waals surface area contributed by atoms with Gasteiger partial charge in [-0.3, -0.25) is 9.59 Å². The van der Waals surface area contributed by atoms with Crippen LogP contribution in [0.1, 0.15) is 58.7 Å². The summed E-state index contributed by atoms with van der Waals surface area (Å²) >= 11 is 0. The molecule has 1 unspecified atom stereocenters. The van der Waals surface area contributed by atoms with Gasteiger partial charge >= 0.3 is 5.97 Å². The molecule has 3 aromatic heterocycles. The standard InChI is InChI=1S/C31H24F2N6O3/c1-16-18-4-2-3-5-19(18)24(33)14-38(16)30(40)27-12-28(25-8-9-34-15-35-25)39-29(36-27)13-26(37-39)20-7-6-17(10-23(20)32)21-11-22(21)31(41)42/h2-10,12-13,15-16,21-22,24H,11,14H2,1H3,(H,41,42)/t16-,21-,22+,24?/m1/s1. The lowest BCUT2D eigenvalue weighted by atomic mass is 9.92. The van der Waals surface area contributed by atoms with E-state index < -0.39 is 29.8 Å². The Hall–Kier alpha value is -5.06. The van der Waals surface area contributed by atoms with Crippen LogP contribution in [0, 0.1) is 11.7 Å². The predicted molar refractivity (Wildman–Crippen MR) is 148 cm³/mol. The van der Waals surface area contributed by atoms with Crippen LogP contribution in [0.4, 0.5) is 8.78 Å². The zero-order chi connectivity index (χ0) is 29.1. The molecule has 42 heavy (non-hydrogen) atoms. The Balaban J connectivity index is 1.30. The Morgan fingerprint density at radius 3 is 2.55 bits per heavy atom. The molecule has 0 bridgehead atoms. The third-order valence-electron chi connectivity index (χ3n) is 8.16. The quantitative estimate of drug-likeness (QED) is 0.303. The highest BCUT2D eigenvalue weighted by molar-refractivity contribution is 5.94. The van der Waals surface area contributed by atoms with Crippen LogP contribution in [-0.4, -0.2) is 53.0 Å². The first-order valence-corrected chi connectivity index (χ1v) is 13.5. The molecule has 1 fully saturated rings. The number of aliphatic carboxylic acids is 1. The second-order valence-electron chi connectivity index (χ2n) is 10.7. The normalized spacial score (nSPS) is 21.3. The van der Waals surface area contributed by atoms with Gasteiger partial charge in [-0.2, -0.15) is 5.10 Å². The Labute approximate surface area is 238 Å². The van der Waals surface area contributed by atoms with Crippen molar-refractivity contribution in [3.63, 3.8) is 0 Å². The smallest absolute Gasteiger partial charge is 0.307 e. The first kappa shape index (κ1) is 25.9. The average molecular weight is 567 g/mol. The van der Waals surface area contributed by atoms with Crippen molar-refractivity contribution in [1.82, 2.24) is 29.5 Å². The van der Waals surface area contributed by atoms with Crippen molar-refractivity contribution < 1.29 is 23.5 Å². The first-order valence-electron chi connectivity index (χ1n) is 13.5. The van der Waals surface area contributed by atoms with E-state index in [1.165, 1.54) is 21.8 Å². The van der Waals surface area contributed by atoms with Crippen molar-refractivity contribution in [3.8, 4) is 22.6 Å². The topological polar surface area (TPSA) is 114 Å². The third-order valence-corrected chi connectivity index (χ3v) is 8.16. The molecule has 5 aromatic rings. The van der Waals surface area contributed by atoms with Crippen LogP contribution in [0.2, 0.25) is 0 Å². The van der Waals surface area contributed by atoms with Crippen molar-refractivity contribution in [2.24, 2.45) is 5.92 Å². The van der Waals surface area contributed by atoms with Crippen molar-refractivity contribution in [2.75, 3.05) is 6.54 Å². The van der Waals surface area contributed by atoms with Crippen molar-refractivity contribution in [1.29, 1.82) is 0 Å². The summed E-state index contributed by atoms with van der Waals surface area (Å²) in [7, 11) is 0. The highest BCUT2D eigenvalue weighted by Gasteiger charge is 2.44. The van der Waals surface area contributed by atoms with Gasteiger partial charge in [-0.1, -0.05) is 30.3 Å². The molecule has 11 heteroatoms. The van der Waals surface area contributed by atoms with E-state index in [0.717, 1.165) is 5.56 Å². The summed E-state index contributed by atoms with van der Waals surface area (Å²) in [5, 5.41) is 13.8. The maximum Gasteiger partial charge on any atom is 0.307 e. The average Bonchev–Trinajstić information content (AvgIpc) is 3.71. The second kappa shape index (κ2) is 9.79. The number of halogens is 2. The largest absolute Gasteiger partial charge is 0.481 e. The Morgan fingerprint density at radius 2 is 1.83 bits per heavy atom. The van der Waals surface area contributed by atoms with Gasteiger partial charge in [0.05, 0.1) is 35.6 Å². The van der Waals surface area contributed by atoms with Crippen molar-refractivity contribution >= 4 is 17.5 Å². The number of carboxylic acids is 1. The zero-order valence-corrected chi connectivity index (χ0v) is 22.4. The third kappa shape index (κ3) is 4.28. The van der Waals surface area contributed by atoms with Crippen molar-refractivity contribution in [2.45, 2.75) is 31.5 Å². The fourth-order valence-electron chi connectivity index (χ4n) is 5.83. The molecule has 2 aliphatic rings. The van der Waals surface area contributed by atoms with E-state index in [1.807, 2.05) is 19.1 Å². The van der Waals surface area contributed by atoms with Gasteiger partial charge in [-0.25, -0.2) is 28.2 Å². The molecule has 210 valence electrons. The van der Waals surface area contributed by atoms with E-state index in [0.29, 0.717) is 28.9 Å². The number of benzene rings is 2. The van der Waals surface area contributed by atoms with E-state index in [4.69, 9.17) is 0 Å². The van der Waals surface area contributed by atoms with Crippen LogP contribution in [0.5, 0.6) is 0 Å². The predicted octanol–water partition coefficient (Wildman–Crippen LogP) is 5.41. The number of hydrogen-bond donors (Lipinski definition) is 1. The van der Waals surface area contributed by atoms with Gasteiger partial charge in [0.25, 0.3) is 5.91 Å². The molecule has 1 aliphatic heterocycles. The van der Waals surface area contributed by atoms with Crippen LogP contribution in [0.3, 0.4) is 0 Å². The minimum atomic E-state index is -1.33. The second-order valence-corrected chi connectivity index (χ2v) is 10.7. The molecule has 1 saturated carbocycles. The summed E-state index contributed by atoms with van der Waals surface area (Å²) in [5.74, 6) is -2.58. The molecule has 7 rings (SSSR count). The highest BCUT2D eigenvalue weighted by Crippen LogP contribution is 2.48. The number of nitrogens with zero attached hydrogens (tertiary/aromatic N) is 6. The minimum Gasteiger partial charge on any atom is -0.481 e. The van der Waals surface area contributed by atoms with Gasteiger partial charge < -0.3 is 10.0 Å². The molecule has 4 atom stereocenters. The fourth-order valence-corrected chi connectivity index (χ4v) is 5.83.